The zero-order valence-corrected chi connectivity index (χ0v) is 18.2. The molecule has 0 amide bonds. The molecule has 3 aliphatic rings. The van der Waals surface area contributed by atoms with Gasteiger partial charge in [0.1, 0.15) is 0 Å². The second kappa shape index (κ2) is 12.6. The first-order valence-electron chi connectivity index (χ1n) is 11.3. The summed E-state index contributed by atoms with van der Waals surface area (Å²) in [4.78, 5) is 15.2. The molecule has 0 radical (unpaired) electrons. The SMILES string of the molecule is C=C1CCCC/C1=C(/C)CCCN1CCC(C(=O)C2=CCCC=C2)CC1.N=CN. The number of Topliss-reactive ketones (excluding diaryl/α,β-unsaturated/α-hetero) is 1. The van der Waals surface area contributed by atoms with Crippen LogP contribution in [0.2, 0.25) is 0 Å². The molecular formula is C25H39N3O. The van der Waals surface area contributed by atoms with Crippen LogP contribution in [0.5, 0.6) is 0 Å². The first kappa shape index (κ1) is 23.3. The smallest absolute Gasteiger partial charge is 0.165 e. The molecule has 160 valence electrons. The van der Waals surface area contributed by atoms with E-state index in [9.17, 15) is 4.79 Å². The molecule has 2 fully saturated rings. The van der Waals surface area contributed by atoms with Crippen LogP contribution in [0, 0.1) is 11.3 Å². The van der Waals surface area contributed by atoms with E-state index < -0.39 is 0 Å². The summed E-state index contributed by atoms with van der Waals surface area (Å²) >= 11 is 0. The number of carbonyl (C=O) groups is 1. The summed E-state index contributed by atoms with van der Waals surface area (Å²) in [6, 6.07) is 0. The average Bonchev–Trinajstić information content (AvgIpc) is 2.75. The van der Waals surface area contributed by atoms with Crippen LogP contribution in [0.1, 0.15) is 71.1 Å². The van der Waals surface area contributed by atoms with Crippen LogP contribution in [0.4, 0.5) is 0 Å². The van der Waals surface area contributed by atoms with Crippen molar-refractivity contribution < 1.29 is 4.79 Å². The number of likely N-dealkylation sites (tertiary alicyclic amines) is 1. The molecule has 3 N–H and O–H groups in total. The highest BCUT2D eigenvalue weighted by molar-refractivity contribution is 5.99. The zero-order chi connectivity index (χ0) is 21.1. The van der Waals surface area contributed by atoms with Crippen molar-refractivity contribution >= 4 is 12.1 Å². The van der Waals surface area contributed by atoms with Crippen molar-refractivity contribution in [2.75, 3.05) is 19.6 Å². The number of hydrogen-bond donors (Lipinski definition) is 2. The highest BCUT2D eigenvalue weighted by atomic mass is 16.1. The molecule has 0 unspecified atom stereocenters. The van der Waals surface area contributed by atoms with E-state index in [1.165, 1.54) is 50.6 Å². The molecule has 0 aromatic rings. The van der Waals surface area contributed by atoms with Gasteiger partial charge in [0, 0.05) is 11.5 Å². The van der Waals surface area contributed by atoms with Crippen molar-refractivity contribution in [2.24, 2.45) is 11.7 Å². The monoisotopic (exact) mass is 397 g/mol. The van der Waals surface area contributed by atoms with Crippen LogP contribution < -0.4 is 5.73 Å². The summed E-state index contributed by atoms with van der Waals surface area (Å²) < 4.78 is 0. The number of ketones is 1. The Morgan fingerprint density at radius 1 is 1.28 bits per heavy atom. The Morgan fingerprint density at radius 3 is 2.59 bits per heavy atom. The molecule has 1 heterocycles. The minimum atomic E-state index is 0.245. The van der Waals surface area contributed by atoms with E-state index in [2.05, 4.69) is 36.3 Å². The molecular weight excluding hydrogens is 358 g/mol. The fourth-order valence-electron chi connectivity index (χ4n) is 4.65. The van der Waals surface area contributed by atoms with Crippen molar-refractivity contribution in [3.63, 3.8) is 0 Å². The lowest BCUT2D eigenvalue weighted by Gasteiger charge is -2.31. The molecule has 4 heteroatoms. The third-order valence-electron chi connectivity index (χ3n) is 6.36. The third-order valence-corrected chi connectivity index (χ3v) is 6.36. The van der Waals surface area contributed by atoms with Gasteiger partial charge >= 0.3 is 0 Å². The molecule has 1 saturated carbocycles. The standard InChI is InChI=1S/C24H35NO.CH4N2/c1-19-9-6-7-13-23(19)20(2)10-8-16-25-17-14-22(15-18-25)24(26)21-11-4-3-5-12-21;2-1-3/h4,11-12,22H,1,3,5-10,13-18H2,2H3;1H,(H3,2,3)/b23-20+;. The van der Waals surface area contributed by atoms with Gasteiger partial charge in [0.05, 0.1) is 6.34 Å². The highest BCUT2D eigenvalue weighted by Gasteiger charge is 2.26. The number of nitrogens with one attached hydrogen (secondary N) is 1. The Labute approximate surface area is 177 Å². The van der Waals surface area contributed by atoms with Crippen molar-refractivity contribution in [3.05, 3.63) is 47.1 Å². The van der Waals surface area contributed by atoms with Gasteiger partial charge in [-0.3, -0.25) is 10.2 Å². The molecule has 0 aromatic carbocycles. The molecule has 4 nitrogen and oxygen atoms in total. The second-order valence-electron chi connectivity index (χ2n) is 8.46. The Kier molecular flexibility index (Phi) is 10.1. The molecule has 0 bridgehead atoms. The number of rotatable bonds is 6. The number of allylic oxidation sites excluding steroid dienone is 7. The van der Waals surface area contributed by atoms with Crippen LogP contribution in [0.15, 0.2) is 47.1 Å². The van der Waals surface area contributed by atoms with Gasteiger partial charge in [-0.25, -0.2) is 0 Å². The summed E-state index contributed by atoms with van der Waals surface area (Å²) in [5, 5.41) is 5.86. The second-order valence-corrected chi connectivity index (χ2v) is 8.46. The lowest BCUT2D eigenvalue weighted by molar-refractivity contribution is -0.120. The van der Waals surface area contributed by atoms with Gasteiger partial charge in [-0.05, 0) is 96.3 Å². The number of nitrogens with zero attached hydrogens (tertiary/aromatic N) is 1. The Hall–Kier alpha value is -1.94. The third kappa shape index (κ3) is 7.43. The number of hydrogen-bond acceptors (Lipinski definition) is 3. The van der Waals surface area contributed by atoms with E-state index in [0.717, 1.165) is 50.7 Å². The first-order chi connectivity index (χ1) is 14.1. The van der Waals surface area contributed by atoms with Gasteiger partial charge < -0.3 is 10.6 Å². The van der Waals surface area contributed by atoms with Crippen molar-refractivity contribution in [3.8, 4) is 0 Å². The normalized spacial score (nSPS) is 22.4. The topological polar surface area (TPSA) is 70.2 Å². The summed E-state index contributed by atoms with van der Waals surface area (Å²) in [5.41, 5.74) is 9.87. The van der Waals surface area contributed by atoms with Gasteiger partial charge in [0.15, 0.2) is 5.78 Å². The quantitative estimate of drug-likeness (QED) is 0.470. The Morgan fingerprint density at radius 2 is 1.97 bits per heavy atom. The van der Waals surface area contributed by atoms with Gasteiger partial charge in [-0.2, -0.15) is 0 Å². The predicted octanol–water partition coefficient (Wildman–Crippen LogP) is 5.32. The van der Waals surface area contributed by atoms with Crippen molar-refractivity contribution in [2.45, 2.75) is 71.1 Å². The fourth-order valence-corrected chi connectivity index (χ4v) is 4.65. The van der Waals surface area contributed by atoms with Crippen LogP contribution in [0.3, 0.4) is 0 Å². The maximum absolute atomic E-state index is 12.6. The maximum Gasteiger partial charge on any atom is 0.165 e. The minimum absolute atomic E-state index is 0.245. The van der Waals surface area contributed by atoms with E-state index in [0.29, 0.717) is 5.78 Å². The van der Waals surface area contributed by atoms with E-state index in [1.807, 2.05) is 6.08 Å². The Bertz CT molecular complexity index is 664. The van der Waals surface area contributed by atoms with E-state index in [4.69, 9.17) is 5.41 Å². The van der Waals surface area contributed by atoms with Gasteiger partial charge in [0.2, 0.25) is 0 Å². The summed E-state index contributed by atoms with van der Waals surface area (Å²) in [5.74, 6) is 0.631. The number of carbonyl (C=O) groups excluding carboxylic acids is 1. The summed E-state index contributed by atoms with van der Waals surface area (Å²) in [7, 11) is 0. The lowest BCUT2D eigenvalue weighted by Crippen LogP contribution is -2.37. The molecule has 2 aliphatic carbocycles. The molecule has 1 saturated heterocycles. The maximum atomic E-state index is 12.6. The summed E-state index contributed by atoms with van der Waals surface area (Å²) in [6.07, 6.45) is 18.7. The minimum Gasteiger partial charge on any atom is -0.390 e. The van der Waals surface area contributed by atoms with Crippen LogP contribution in [0.25, 0.3) is 0 Å². The van der Waals surface area contributed by atoms with Crippen LogP contribution >= 0.6 is 0 Å². The van der Waals surface area contributed by atoms with Gasteiger partial charge in [-0.1, -0.05) is 36.0 Å². The molecule has 0 aromatic heterocycles. The van der Waals surface area contributed by atoms with Gasteiger partial charge in [0.25, 0.3) is 0 Å². The van der Waals surface area contributed by atoms with Gasteiger partial charge in [-0.15, -0.1) is 0 Å². The molecule has 1 aliphatic heterocycles. The van der Waals surface area contributed by atoms with Crippen LogP contribution in [-0.4, -0.2) is 36.7 Å². The van der Waals surface area contributed by atoms with Crippen LogP contribution in [-0.2, 0) is 4.79 Å². The highest BCUT2D eigenvalue weighted by Crippen LogP contribution is 2.31. The van der Waals surface area contributed by atoms with Crippen molar-refractivity contribution in [1.82, 2.24) is 4.90 Å². The van der Waals surface area contributed by atoms with E-state index >= 15 is 0 Å². The average molecular weight is 398 g/mol. The van der Waals surface area contributed by atoms with E-state index in [1.54, 1.807) is 11.1 Å². The lowest BCUT2D eigenvalue weighted by atomic mass is 9.86. The Balaban J connectivity index is 0.000000941. The molecule has 3 rings (SSSR count). The largest absolute Gasteiger partial charge is 0.390 e. The fraction of sp³-hybridized carbons (Fsp3) is 0.600. The van der Waals surface area contributed by atoms with E-state index in [-0.39, 0.29) is 5.92 Å². The summed E-state index contributed by atoms with van der Waals surface area (Å²) in [6.45, 7) is 9.90. The zero-order valence-electron chi connectivity index (χ0n) is 18.2. The predicted molar refractivity (Wildman–Crippen MR) is 123 cm³/mol. The molecule has 0 spiro atoms. The van der Waals surface area contributed by atoms with Crippen molar-refractivity contribution in [1.29, 1.82) is 5.41 Å². The molecule has 29 heavy (non-hydrogen) atoms. The number of nitrogens with two attached hydrogens (primary N) is 1. The molecule has 0 atom stereocenters. The first-order valence-corrected chi connectivity index (χ1v) is 11.3. The number of piperidine rings is 1.